The maximum absolute atomic E-state index is 9.62. The summed E-state index contributed by atoms with van der Waals surface area (Å²) in [6, 6.07) is 0. The molecule has 2 unspecified atom stereocenters. The highest BCUT2D eigenvalue weighted by Crippen LogP contribution is 2.16. The summed E-state index contributed by atoms with van der Waals surface area (Å²) in [5, 5.41) is 21.9. The summed E-state index contributed by atoms with van der Waals surface area (Å²) >= 11 is 4.36. The second-order valence-electron chi connectivity index (χ2n) is 4.07. The van der Waals surface area contributed by atoms with Gasteiger partial charge in [0.1, 0.15) is 0 Å². The number of rotatable bonds is 6. The van der Waals surface area contributed by atoms with Crippen molar-refractivity contribution in [3.05, 3.63) is 0 Å². The molecule has 0 fully saturated rings. The maximum Gasteiger partial charge on any atom is 0.0938 e. The van der Waals surface area contributed by atoms with Crippen molar-refractivity contribution < 1.29 is 10.2 Å². The zero-order valence-corrected chi connectivity index (χ0v) is 10.3. The van der Waals surface area contributed by atoms with Crippen LogP contribution >= 0.6 is 12.6 Å². The smallest absolute Gasteiger partial charge is 0.0938 e. The lowest BCUT2D eigenvalue weighted by Crippen LogP contribution is -2.46. The van der Waals surface area contributed by atoms with Crippen LogP contribution in [0.4, 0.5) is 0 Å². The SMILES string of the molecule is CNCC(O)C(O)CN(C)C(C)(C)S. The highest BCUT2D eigenvalue weighted by molar-refractivity contribution is 7.81. The first-order valence-electron chi connectivity index (χ1n) is 4.73. The molecule has 0 aromatic heterocycles. The molecule has 14 heavy (non-hydrogen) atoms. The largest absolute Gasteiger partial charge is 0.389 e. The molecule has 2 atom stereocenters. The van der Waals surface area contributed by atoms with E-state index in [-0.39, 0.29) is 4.87 Å². The van der Waals surface area contributed by atoms with Gasteiger partial charge in [0.15, 0.2) is 0 Å². The van der Waals surface area contributed by atoms with Crippen molar-refractivity contribution in [2.45, 2.75) is 30.9 Å². The fraction of sp³-hybridized carbons (Fsp3) is 1.00. The van der Waals surface area contributed by atoms with Crippen molar-refractivity contribution in [3.63, 3.8) is 0 Å². The van der Waals surface area contributed by atoms with Crippen LogP contribution < -0.4 is 5.32 Å². The Bertz CT molecular complexity index is 161. The molecule has 0 rings (SSSR count). The summed E-state index contributed by atoms with van der Waals surface area (Å²) < 4.78 is 0. The quantitative estimate of drug-likeness (QED) is 0.362. The summed E-state index contributed by atoms with van der Waals surface area (Å²) in [6.45, 7) is 4.67. The van der Waals surface area contributed by atoms with Crippen LogP contribution in [-0.4, -0.2) is 59.4 Å². The topological polar surface area (TPSA) is 55.7 Å². The first-order chi connectivity index (χ1) is 6.29. The number of nitrogens with zero attached hydrogens (tertiary/aromatic N) is 1. The van der Waals surface area contributed by atoms with Gasteiger partial charge in [-0.3, -0.25) is 4.90 Å². The van der Waals surface area contributed by atoms with Gasteiger partial charge in [0.25, 0.3) is 0 Å². The summed E-state index contributed by atoms with van der Waals surface area (Å²) in [7, 11) is 3.60. The molecule has 0 saturated carbocycles. The third-order valence-electron chi connectivity index (χ3n) is 2.25. The van der Waals surface area contributed by atoms with E-state index in [1.165, 1.54) is 0 Å². The van der Waals surface area contributed by atoms with Crippen LogP contribution in [0.1, 0.15) is 13.8 Å². The van der Waals surface area contributed by atoms with E-state index in [0.717, 1.165) is 0 Å². The molecule has 0 radical (unpaired) electrons. The van der Waals surface area contributed by atoms with Gasteiger partial charge in [-0.2, -0.15) is 12.6 Å². The second kappa shape index (κ2) is 5.92. The molecule has 0 amide bonds. The molecule has 86 valence electrons. The molecule has 4 nitrogen and oxygen atoms in total. The van der Waals surface area contributed by atoms with Crippen molar-refractivity contribution in [2.24, 2.45) is 0 Å². The van der Waals surface area contributed by atoms with Gasteiger partial charge in [-0.25, -0.2) is 0 Å². The van der Waals surface area contributed by atoms with Crippen molar-refractivity contribution >= 4 is 12.6 Å². The van der Waals surface area contributed by atoms with Gasteiger partial charge < -0.3 is 15.5 Å². The standard InChI is InChI=1S/C9H22N2O2S/c1-9(2,14)11(4)6-8(13)7(12)5-10-3/h7-8,10,12-14H,5-6H2,1-4H3. The van der Waals surface area contributed by atoms with Gasteiger partial charge in [0.05, 0.1) is 17.1 Å². The predicted molar refractivity (Wildman–Crippen MR) is 61.6 cm³/mol. The van der Waals surface area contributed by atoms with Crippen molar-refractivity contribution in [1.29, 1.82) is 0 Å². The van der Waals surface area contributed by atoms with Gasteiger partial charge in [-0.15, -0.1) is 0 Å². The zero-order valence-electron chi connectivity index (χ0n) is 9.36. The highest BCUT2D eigenvalue weighted by atomic mass is 32.1. The molecule has 0 aromatic rings. The average Bonchev–Trinajstić information content (AvgIpc) is 2.02. The Morgan fingerprint density at radius 2 is 1.86 bits per heavy atom. The molecular formula is C9H22N2O2S. The minimum atomic E-state index is -0.751. The Balaban J connectivity index is 3.99. The summed E-state index contributed by atoms with van der Waals surface area (Å²) in [4.78, 5) is 1.60. The number of thiol groups is 1. The Morgan fingerprint density at radius 1 is 1.36 bits per heavy atom. The average molecular weight is 222 g/mol. The highest BCUT2D eigenvalue weighted by Gasteiger charge is 2.24. The Hall–Kier alpha value is 0.190. The molecule has 0 aliphatic carbocycles. The van der Waals surface area contributed by atoms with E-state index in [4.69, 9.17) is 0 Å². The summed E-state index contributed by atoms with van der Waals surface area (Å²) in [5.74, 6) is 0. The molecule has 0 saturated heterocycles. The van der Waals surface area contributed by atoms with E-state index >= 15 is 0 Å². The van der Waals surface area contributed by atoms with E-state index < -0.39 is 12.2 Å². The van der Waals surface area contributed by atoms with Crippen LogP contribution in [0.2, 0.25) is 0 Å². The lowest BCUT2D eigenvalue weighted by molar-refractivity contribution is -0.00331. The molecule has 5 heteroatoms. The normalized spacial score (nSPS) is 17.1. The molecule has 3 N–H and O–H groups in total. The molecule has 0 heterocycles. The third kappa shape index (κ3) is 5.17. The van der Waals surface area contributed by atoms with E-state index in [2.05, 4.69) is 17.9 Å². The Labute approximate surface area is 91.7 Å². The molecular weight excluding hydrogens is 200 g/mol. The Kier molecular flexibility index (Phi) is 6.00. The van der Waals surface area contributed by atoms with Gasteiger partial charge in [0.2, 0.25) is 0 Å². The molecule has 0 aliphatic heterocycles. The van der Waals surface area contributed by atoms with E-state index in [1.807, 2.05) is 25.8 Å². The summed E-state index contributed by atoms with van der Waals surface area (Å²) in [5.41, 5.74) is 0. The van der Waals surface area contributed by atoms with E-state index in [0.29, 0.717) is 13.1 Å². The molecule has 0 aliphatic rings. The van der Waals surface area contributed by atoms with Crippen molar-refractivity contribution in [2.75, 3.05) is 27.2 Å². The minimum absolute atomic E-state index is 0.291. The van der Waals surface area contributed by atoms with Gasteiger partial charge >= 0.3 is 0 Å². The number of aliphatic hydroxyl groups excluding tert-OH is 2. The molecule has 0 bridgehead atoms. The van der Waals surface area contributed by atoms with E-state index in [1.54, 1.807) is 7.05 Å². The number of nitrogens with one attached hydrogen (secondary N) is 1. The number of hydrogen-bond acceptors (Lipinski definition) is 5. The van der Waals surface area contributed by atoms with Crippen LogP contribution in [-0.2, 0) is 0 Å². The first-order valence-corrected chi connectivity index (χ1v) is 5.18. The van der Waals surface area contributed by atoms with Crippen LogP contribution in [0, 0.1) is 0 Å². The third-order valence-corrected chi connectivity index (χ3v) is 2.59. The van der Waals surface area contributed by atoms with Crippen LogP contribution in [0.3, 0.4) is 0 Å². The fourth-order valence-corrected chi connectivity index (χ4v) is 1.05. The summed E-state index contributed by atoms with van der Waals surface area (Å²) in [6.07, 6.45) is -1.49. The van der Waals surface area contributed by atoms with Crippen molar-refractivity contribution in [1.82, 2.24) is 10.2 Å². The fourth-order valence-electron chi connectivity index (χ4n) is 0.971. The number of aliphatic hydroxyl groups is 2. The van der Waals surface area contributed by atoms with Crippen LogP contribution in [0.15, 0.2) is 0 Å². The van der Waals surface area contributed by atoms with Gasteiger partial charge in [-0.05, 0) is 27.9 Å². The second-order valence-corrected chi connectivity index (χ2v) is 5.16. The van der Waals surface area contributed by atoms with E-state index in [9.17, 15) is 10.2 Å². The lowest BCUT2D eigenvalue weighted by Gasteiger charge is -2.33. The minimum Gasteiger partial charge on any atom is -0.389 e. The van der Waals surface area contributed by atoms with Gasteiger partial charge in [0, 0.05) is 13.1 Å². The van der Waals surface area contributed by atoms with Crippen LogP contribution in [0.25, 0.3) is 0 Å². The van der Waals surface area contributed by atoms with Crippen molar-refractivity contribution in [3.8, 4) is 0 Å². The molecule has 0 aromatic carbocycles. The lowest BCUT2D eigenvalue weighted by atomic mass is 10.2. The van der Waals surface area contributed by atoms with Gasteiger partial charge in [-0.1, -0.05) is 0 Å². The van der Waals surface area contributed by atoms with Crippen LogP contribution in [0.5, 0.6) is 0 Å². The number of hydrogen-bond donors (Lipinski definition) is 4. The maximum atomic E-state index is 9.62. The first kappa shape index (κ1) is 14.2. The number of likely N-dealkylation sites (N-methyl/N-ethyl adjacent to an activating group) is 2. The predicted octanol–water partition coefficient (Wildman–Crippen LogP) is -0.475. The zero-order chi connectivity index (χ0) is 11.4. The molecule has 0 spiro atoms. The Morgan fingerprint density at radius 3 is 2.21 bits per heavy atom. The monoisotopic (exact) mass is 222 g/mol.